The van der Waals surface area contributed by atoms with Gasteiger partial charge >= 0.3 is 0 Å². The summed E-state index contributed by atoms with van der Waals surface area (Å²) in [4.78, 5) is 19.8. The number of carbonyl (C=O) groups is 1. The van der Waals surface area contributed by atoms with Gasteiger partial charge in [-0.1, -0.05) is 54.1 Å². The molecule has 0 saturated carbocycles. The molecule has 0 aliphatic carbocycles. The first-order chi connectivity index (χ1) is 14.7. The maximum atomic E-state index is 13.4. The third kappa shape index (κ3) is 4.37. The number of rotatable bonds is 6. The second-order valence-corrected chi connectivity index (χ2v) is 7.84. The van der Waals surface area contributed by atoms with Crippen LogP contribution >= 0.6 is 22.9 Å². The molecule has 4 nitrogen and oxygen atoms in total. The van der Waals surface area contributed by atoms with Gasteiger partial charge in [-0.15, -0.1) is 11.3 Å². The van der Waals surface area contributed by atoms with Crippen molar-refractivity contribution in [3.63, 3.8) is 0 Å². The first-order valence-corrected chi connectivity index (χ1v) is 10.6. The van der Waals surface area contributed by atoms with Crippen molar-refractivity contribution in [3.8, 4) is 17.0 Å². The van der Waals surface area contributed by atoms with Gasteiger partial charge in [-0.2, -0.15) is 0 Å². The summed E-state index contributed by atoms with van der Waals surface area (Å²) in [5.74, 6) is 0.605. The van der Waals surface area contributed by atoms with Crippen LogP contribution in [0.4, 0.5) is 5.13 Å². The Kier molecular flexibility index (Phi) is 6.12. The molecule has 1 amide bonds. The molecule has 0 spiro atoms. The minimum Gasteiger partial charge on any atom is -0.497 e. The fraction of sp³-hybridized carbons (Fsp3) is 0.0833. The first kappa shape index (κ1) is 20.1. The van der Waals surface area contributed by atoms with Crippen LogP contribution in [0.2, 0.25) is 5.02 Å². The van der Waals surface area contributed by atoms with Crippen LogP contribution in [0, 0.1) is 0 Å². The summed E-state index contributed by atoms with van der Waals surface area (Å²) in [7, 11) is 1.64. The van der Waals surface area contributed by atoms with E-state index in [1.165, 1.54) is 11.3 Å². The zero-order valence-corrected chi connectivity index (χ0v) is 17.9. The summed E-state index contributed by atoms with van der Waals surface area (Å²) in [6, 6.07) is 24.6. The zero-order chi connectivity index (χ0) is 20.9. The number of hydrogen-bond acceptors (Lipinski definition) is 4. The number of amides is 1. The lowest BCUT2D eigenvalue weighted by Crippen LogP contribution is -2.30. The van der Waals surface area contributed by atoms with Crippen LogP contribution in [0.5, 0.6) is 5.75 Å². The molecule has 0 radical (unpaired) electrons. The molecule has 0 aliphatic heterocycles. The van der Waals surface area contributed by atoms with Gasteiger partial charge in [-0.25, -0.2) is 4.98 Å². The Bertz CT molecular complexity index is 1140. The summed E-state index contributed by atoms with van der Waals surface area (Å²) in [6.07, 6.45) is 0. The van der Waals surface area contributed by atoms with E-state index in [1.807, 2.05) is 72.1 Å². The van der Waals surface area contributed by atoms with Crippen molar-refractivity contribution in [2.45, 2.75) is 6.54 Å². The molecule has 0 unspecified atom stereocenters. The highest BCUT2D eigenvalue weighted by molar-refractivity contribution is 7.14. The van der Waals surface area contributed by atoms with E-state index in [9.17, 15) is 4.79 Å². The van der Waals surface area contributed by atoms with Crippen LogP contribution in [-0.4, -0.2) is 18.0 Å². The Morgan fingerprint density at radius 3 is 2.40 bits per heavy atom. The molecule has 150 valence electrons. The normalized spacial score (nSPS) is 10.6. The van der Waals surface area contributed by atoms with Crippen molar-refractivity contribution in [2.24, 2.45) is 0 Å². The predicted octanol–water partition coefficient (Wildman–Crippen LogP) is 6.32. The van der Waals surface area contributed by atoms with Crippen molar-refractivity contribution in [3.05, 3.63) is 100 Å². The Morgan fingerprint density at radius 1 is 1.00 bits per heavy atom. The van der Waals surface area contributed by atoms with E-state index in [4.69, 9.17) is 21.3 Å². The number of carbonyl (C=O) groups excluding carboxylic acids is 1. The standard InChI is InChI=1S/C24H19ClN2O2S/c1-29-19-13-11-18(12-14-19)22-16-30-24(26-22)27(15-17-7-3-2-4-8-17)23(28)20-9-5-6-10-21(20)25/h2-14,16H,15H2,1H3. The van der Waals surface area contributed by atoms with Crippen LogP contribution in [0.25, 0.3) is 11.3 Å². The van der Waals surface area contributed by atoms with Crippen molar-refractivity contribution >= 4 is 34.0 Å². The van der Waals surface area contributed by atoms with Gasteiger partial charge in [0.15, 0.2) is 5.13 Å². The Balaban J connectivity index is 1.69. The number of halogens is 1. The quantitative estimate of drug-likeness (QED) is 0.356. The van der Waals surface area contributed by atoms with E-state index in [2.05, 4.69) is 0 Å². The number of methoxy groups -OCH3 is 1. The molecule has 0 aliphatic rings. The van der Waals surface area contributed by atoms with Gasteiger partial charge in [0.05, 0.1) is 29.9 Å². The van der Waals surface area contributed by atoms with Crippen LogP contribution in [0.1, 0.15) is 15.9 Å². The van der Waals surface area contributed by atoms with Crippen LogP contribution in [0.15, 0.2) is 84.2 Å². The summed E-state index contributed by atoms with van der Waals surface area (Å²) < 4.78 is 5.22. The number of anilines is 1. The van der Waals surface area contributed by atoms with E-state index >= 15 is 0 Å². The fourth-order valence-electron chi connectivity index (χ4n) is 3.05. The number of thiazole rings is 1. The molecular weight excluding hydrogens is 416 g/mol. The zero-order valence-electron chi connectivity index (χ0n) is 16.3. The Hall–Kier alpha value is -3.15. The number of nitrogens with zero attached hydrogens (tertiary/aromatic N) is 2. The molecule has 0 fully saturated rings. The van der Waals surface area contributed by atoms with Gasteiger partial charge < -0.3 is 4.74 Å². The molecule has 0 atom stereocenters. The molecule has 4 rings (SSSR count). The van der Waals surface area contributed by atoms with E-state index in [0.717, 1.165) is 22.6 Å². The smallest absolute Gasteiger partial charge is 0.261 e. The number of ether oxygens (including phenoxy) is 1. The lowest BCUT2D eigenvalue weighted by molar-refractivity contribution is 0.0985. The largest absolute Gasteiger partial charge is 0.497 e. The molecule has 3 aromatic carbocycles. The average Bonchev–Trinajstić information content (AvgIpc) is 3.28. The van der Waals surface area contributed by atoms with Crippen LogP contribution < -0.4 is 9.64 Å². The maximum absolute atomic E-state index is 13.4. The highest BCUT2D eigenvalue weighted by Gasteiger charge is 2.23. The highest BCUT2D eigenvalue weighted by atomic mass is 35.5. The predicted molar refractivity (Wildman–Crippen MR) is 123 cm³/mol. The molecule has 1 aromatic heterocycles. The third-order valence-corrected chi connectivity index (χ3v) is 5.83. The van der Waals surface area contributed by atoms with Gasteiger partial charge in [0.2, 0.25) is 0 Å². The number of hydrogen-bond donors (Lipinski definition) is 0. The van der Waals surface area contributed by atoms with Crippen LogP contribution in [0.3, 0.4) is 0 Å². The molecule has 6 heteroatoms. The molecular formula is C24H19ClN2O2S. The average molecular weight is 435 g/mol. The van der Waals surface area contributed by atoms with E-state index < -0.39 is 0 Å². The van der Waals surface area contributed by atoms with E-state index in [-0.39, 0.29) is 5.91 Å². The van der Waals surface area contributed by atoms with Crippen molar-refractivity contribution in [2.75, 3.05) is 12.0 Å². The fourth-order valence-corrected chi connectivity index (χ4v) is 4.10. The van der Waals surface area contributed by atoms with Gasteiger partial charge in [-0.3, -0.25) is 9.69 Å². The second-order valence-electron chi connectivity index (χ2n) is 6.60. The highest BCUT2D eigenvalue weighted by Crippen LogP contribution is 2.31. The number of aromatic nitrogens is 1. The van der Waals surface area contributed by atoms with Crippen LogP contribution in [-0.2, 0) is 6.54 Å². The Labute approximate surface area is 184 Å². The first-order valence-electron chi connectivity index (χ1n) is 9.36. The molecule has 0 saturated heterocycles. The molecule has 30 heavy (non-hydrogen) atoms. The minimum atomic E-state index is -0.180. The monoisotopic (exact) mass is 434 g/mol. The van der Waals surface area contributed by atoms with E-state index in [0.29, 0.717) is 22.3 Å². The minimum absolute atomic E-state index is 0.180. The maximum Gasteiger partial charge on any atom is 0.261 e. The van der Waals surface area contributed by atoms with Gasteiger partial charge in [0, 0.05) is 10.9 Å². The lowest BCUT2D eigenvalue weighted by atomic mass is 10.1. The summed E-state index contributed by atoms with van der Waals surface area (Å²) in [6.45, 7) is 0.403. The van der Waals surface area contributed by atoms with Gasteiger partial charge in [0.25, 0.3) is 5.91 Å². The summed E-state index contributed by atoms with van der Waals surface area (Å²) in [5.41, 5.74) is 3.24. The van der Waals surface area contributed by atoms with Gasteiger partial charge in [0.1, 0.15) is 5.75 Å². The molecule has 0 bridgehead atoms. The van der Waals surface area contributed by atoms with E-state index in [1.54, 1.807) is 24.1 Å². The summed E-state index contributed by atoms with van der Waals surface area (Å²) >= 11 is 7.74. The SMILES string of the molecule is COc1ccc(-c2csc(N(Cc3ccccc3)C(=O)c3ccccc3Cl)n2)cc1. The van der Waals surface area contributed by atoms with Crippen molar-refractivity contribution in [1.82, 2.24) is 4.98 Å². The van der Waals surface area contributed by atoms with Gasteiger partial charge in [-0.05, 0) is 42.0 Å². The number of benzene rings is 3. The lowest BCUT2D eigenvalue weighted by Gasteiger charge is -2.20. The van der Waals surface area contributed by atoms with Crippen molar-refractivity contribution < 1.29 is 9.53 Å². The molecule has 4 aromatic rings. The summed E-state index contributed by atoms with van der Waals surface area (Å²) in [5, 5.41) is 3.00. The molecule has 0 N–H and O–H groups in total. The van der Waals surface area contributed by atoms with Crippen molar-refractivity contribution in [1.29, 1.82) is 0 Å². The molecule has 1 heterocycles. The Morgan fingerprint density at radius 2 is 1.70 bits per heavy atom. The topological polar surface area (TPSA) is 42.4 Å². The second kappa shape index (κ2) is 9.11. The third-order valence-electron chi connectivity index (χ3n) is 4.64.